The number of ether oxygens (including phenoxy) is 3. The van der Waals surface area contributed by atoms with E-state index in [1.54, 1.807) is 23.1 Å². The molecule has 4 aliphatic rings. The highest BCUT2D eigenvalue weighted by Gasteiger charge is 2.38. The number of nitrogens with zero attached hydrogens (tertiary/aromatic N) is 2. The van der Waals surface area contributed by atoms with Crippen molar-refractivity contribution in [2.24, 2.45) is 0 Å². The SMILES string of the molecule is COc1ccc2cc1OCC(=O)NCc1ccc(cc1)O[C@H]1CN(C(=O)CN3CCCCCC3)C[C@@H]1NC2=O. The van der Waals surface area contributed by atoms with E-state index < -0.39 is 12.1 Å². The predicted octanol–water partition coefficient (Wildman–Crippen LogP) is 1.97. The van der Waals surface area contributed by atoms with E-state index in [2.05, 4.69) is 15.5 Å². The van der Waals surface area contributed by atoms with Crippen molar-refractivity contribution < 1.29 is 28.6 Å². The second kappa shape index (κ2) is 12.4. The van der Waals surface area contributed by atoms with Crippen molar-refractivity contribution in [2.75, 3.05) is 46.4 Å². The van der Waals surface area contributed by atoms with Gasteiger partial charge in [0.15, 0.2) is 18.1 Å². The van der Waals surface area contributed by atoms with Gasteiger partial charge < -0.3 is 29.7 Å². The molecule has 4 aliphatic heterocycles. The number of methoxy groups -OCH3 is 1. The van der Waals surface area contributed by atoms with Gasteiger partial charge in [0, 0.05) is 18.7 Å². The number of likely N-dealkylation sites (tertiary alicyclic amines) is 2. The molecule has 6 rings (SSSR count). The van der Waals surface area contributed by atoms with Crippen LogP contribution < -0.4 is 24.8 Å². The molecule has 4 heterocycles. The largest absolute Gasteiger partial charge is 0.493 e. The Labute approximate surface area is 228 Å². The Bertz CT molecular complexity index is 1180. The summed E-state index contributed by atoms with van der Waals surface area (Å²) >= 11 is 0. The van der Waals surface area contributed by atoms with Gasteiger partial charge in [-0.2, -0.15) is 0 Å². The van der Waals surface area contributed by atoms with Crippen LogP contribution in [0.25, 0.3) is 0 Å². The van der Waals surface area contributed by atoms with Crippen LogP contribution in [0.4, 0.5) is 0 Å². The molecule has 4 bridgehead atoms. The van der Waals surface area contributed by atoms with Crippen LogP contribution in [0.3, 0.4) is 0 Å². The summed E-state index contributed by atoms with van der Waals surface area (Å²) in [6, 6.07) is 11.9. The van der Waals surface area contributed by atoms with Crippen LogP contribution in [0, 0.1) is 0 Å². The fourth-order valence-electron chi connectivity index (χ4n) is 5.26. The van der Waals surface area contributed by atoms with Crippen LogP contribution in [0.15, 0.2) is 42.5 Å². The van der Waals surface area contributed by atoms with Gasteiger partial charge in [-0.15, -0.1) is 0 Å². The van der Waals surface area contributed by atoms with Crippen LogP contribution >= 0.6 is 0 Å². The van der Waals surface area contributed by atoms with Crippen molar-refractivity contribution in [2.45, 2.75) is 44.4 Å². The lowest BCUT2D eigenvalue weighted by Gasteiger charge is -2.23. The van der Waals surface area contributed by atoms with E-state index in [0.29, 0.717) is 49.0 Å². The Morgan fingerprint density at radius 3 is 2.54 bits per heavy atom. The molecule has 2 aromatic rings. The van der Waals surface area contributed by atoms with Gasteiger partial charge in [-0.1, -0.05) is 25.0 Å². The molecule has 2 saturated heterocycles. The van der Waals surface area contributed by atoms with Crippen LogP contribution in [0.1, 0.15) is 41.6 Å². The number of fused-ring (bicyclic) bond motifs is 7. The summed E-state index contributed by atoms with van der Waals surface area (Å²) in [6.07, 6.45) is 4.23. The molecule has 0 spiro atoms. The maximum Gasteiger partial charge on any atom is 0.258 e. The van der Waals surface area contributed by atoms with Crippen molar-refractivity contribution in [1.29, 1.82) is 0 Å². The Balaban J connectivity index is 1.37. The third kappa shape index (κ3) is 6.81. The molecular weight excluding hydrogens is 500 g/mol. The fourth-order valence-corrected chi connectivity index (χ4v) is 5.26. The number of nitrogens with one attached hydrogen (secondary N) is 2. The zero-order valence-corrected chi connectivity index (χ0v) is 22.3. The van der Waals surface area contributed by atoms with Gasteiger partial charge in [0.2, 0.25) is 5.91 Å². The molecular formula is C29H36N4O6. The number of benzene rings is 2. The molecule has 208 valence electrons. The fraction of sp³-hybridized carbons (Fsp3) is 0.483. The Hall–Kier alpha value is -3.79. The van der Waals surface area contributed by atoms with E-state index in [1.165, 1.54) is 20.0 Å². The summed E-state index contributed by atoms with van der Waals surface area (Å²) in [7, 11) is 1.50. The summed E-state index contributed by atoms with van der Waals surface area (Å²) in [5, 5.41) is 5.90. The first-order valence-electron chi connectivity index (χ1n) is 13.6. The number of amides is 3. The first-order chi connectivity index (χ1) is 19.0. The molecule has 2 N–H and O–H groups in total. The number of hydrogen-bond donors (Lipinski definition) is 2. The molecule has 0 aromatic heterocycles. The third-order valence-corrected chi connectivity index (χ3v) is 7.48. The normalized spacial score (nSPS) is 22.4. The van der Waals surface area contributed by atoms with Crippen LogP contribution in [0.5, 0.6) is 17.2 Å². The first-order valence-corrected chi connectivity index (χ1v) is 13.6. The lowest BCUT2D eigenvalue weighted by Crippen LogP contribution is -2.45. The number of hydrogen-bond acceptors (Lipinski definition) is 7. The van der Waals surface area contributed by atoms with Gasteiger partial charge in [0.1, 0.15) is 11.9 Å². The molecule has 2 aromatic carbocycles. The lowest BCUT2D eigenvalue weighted by atomic mass is 10.1. The van der Waals surface area contributed by atoms with E-state index >= 15 is 0 Å². The Morgan fingerprint density at radius 2 is 1.79 bits per heavy atom. The van der Waals surface area contributed by atoms with Crippen LogP contribution in [-0.4, -0.2) is 86.1 Å². The second-order valence-electron chi connectivity index (χ2n) is 10.3. The summed E-state index contributed by atoms with van der Waals surface area (Å²) < 4.78 is 17.4. The maximum atomic E-state index is 13.3. The van der Waals surface area contributed by atoms with Gasteiger partial charge in [-0.3, -0.25) is 19.3 Å². The van der Waals surface area contributed by atoms with E-state index in [4.69, 9.17) is 14.2 Å². The summed E-state index contributed by atoms with van der Waals surface area (Å²) in [4.78, 5) is 43.0. The summed E-state index contributed by atoms with van der Waals surface area (Å²) in [6.45, 7) is 3.12. The lowest BCUT2D eigenvalue weighted by molar-refractivity contribution is -0.131. The number of rotatable bonds is 3. The van der Waals surface area contributed by atoms with Gasteiger partial charge >= 0.3 is 0 Å². The van der Waals surface area contributed by atoms with Crippen molar-refractivity contribution >= 4 is 17.7 Å². The summed E-state index contributed by atoms with van der Waals surface area (Å²) in [5.41, 5.74) is 1.26. The van der Waals surface area contributed by atoms with Crippen LogP contribution in [-0.2, 0) is 16.1 Å². The van der Waals surface area contributed by atoms with Crippen molar-refractivity contribution in [3.05, 3.63) is 53.6 Å². The average molecular weight is 537 g/mol. The van der Waals surface area contributed by atoms with E-state index in [1.807, 2.05) is 24.3 Å². The molecule has 0 saturated carbocycles. The molecule has 39 heavy (non-hydrogen) atoms. The average Bonchev–Trinajstić information content (AvgIpc) is 3.15. The standard InChI is InChI=1S/C29H36N4O6/c1-37-24-11-8-21-14-25(24)38-19-27(34)30-15-20-6-9-22(10-7-20)39-26-17-33(16-23(26)31-29(21)36)28(35)18-32-12-4-2-3-5-13-32/h6-11,14,23,26H,2-5,12-13,15-19H2,1H3,(H,30,34)(H,31,36)/t23-,26-/m0/s1. The molecule has 2 fully saturated rings. The zero-order chi connectivity index (χ0) is 27.2. The van der Waals surface area contributed by atoms with E-state index in [0.717, 1.165) is 31.5 Å². The number of carbonyl (C=O) groups is 3. The Kier molecular flexibility index (Phi) is 8.51. The Morgan fingerprint density at radius 1 is 1.03 bits per heavy atom. The molecule has 10 heteroatoms. The van der Waals surface area contributed by atoms with Gasteiger partial charge in [0.25, 0.3) is 11.8 Å². The topological polar surface area (TPSA) is 109 Å². The molecule has 2 atom stereocenters. The van der Waals surface area contributed by atoms with Gasteiger partial charge in [-0.25, -0.2) is 0 Å². The highest BCUT2D eigenvalue weighted by Crippen LogP contribution is 2.29. The molecule has 0 unspecified atom stereocenters. The van der Waals surface area contributed by atoms with E-state index in [9.17, 15) is 14.4 Å². The third-order valence-electron chi connectivity index (χ3n) is 7.48. The minimum absolute atomic E-state index is 0.0515. The molecule has 0 aliphatic carbocycles. The van der Waals surface area contributed by atoms with Crippen molar-refractivity contribution in [3.63, 3.8) is 0 Å². The molecule has 0 radical (unpaired) electrons. The quantitative estimate of drug-likeness (QED) is 0.617. The maximum absolute atomic E-state index is 13.3. The van der Waals surface area contributed by atoms with Crippen molar-refractivity contribution in [3.8, 4) is 17.2 Å². The number of carbonyl (C=O) groups excluding carboxylic acids is 3. The zero-order valence-electron chi connectivity index (χ0n) is 22.3. The minimum atomic E-state index is -0.419. The molecule has 3 amide bonds. The smallest absolute Gasteiger partial charge is 0.258 e. The van der Waals surface area contributed by atoms with Gasteiger partial charge in [-0.05, 0) is 61.8 Å². The second-order valence-corrected chi connectivity index (χ2v) is 10.3. The van der Waals surface area contributed by atoms with Gasteiger partial charge in [0.05, 0.1) is 26.2 Å². The highest BCUT2D eigenvalue weighted by molar-refractivity contribution is 5.95. The first kappa shape index (κ1) is 26.8. The van der Waals surface area contributed by atoms with Crippen LogP contribution in [0.2, 0.25) is 0 Å². The predicted molar refractivity (Wildman–Crippen MR) is 144 cm³/mol. The van der Waals surface area contributed by atoms with Crippen molar-refractivity contribution in [1.82, 2.24) is 20.4 Å². The summed E-state index contributed by atoms with van der Waals surface area (Å²) in [5.74, 6) is 0.774. The van der Waals surface area contributed by atoms with E-state index in [-0.39, 0.29) is 24.3 Å². The molecule has 10 nitrogen and oxygen atoms in total. The monoisotopic (exact) mass is 536 g/mol. The minimum Gasteiger partial charge on any atom is -0.493 e. The highest BCUT2D eigenvalue weighted by atomic mass is 16.5.